The van der Waals surface area contributed by atoms with Gasteiger partial charge in [-0.2, -0.15) is 0 Å². The summed E-state index contributed by atoms with van der Waals surface area (Å²) in [5, 5.41) is 12.7. The standard InChI is InChI=1S/C30H26ClNO13/c1-15(33)42-21-11-5-17(13-23(21)40-3)29(38)44-25(27(35)32-20-9-7-19(31)8-10-20)26(28(36)37)45-30(39)18-6-12-22(43-16(2)34)24(14-18)41-4/h5-14,25-26H,1-4H3,(H,32,35)(H,36,37)/t25-,26-/m1/s1. The zero-order valence-electron chi connectivity index (χ0n) is 24.2. The summed E-state index contributed by atoms with van der Waals surface area (Å²) in [7, 11) is 2.48. The number of esters is 4. The Balaban J connectivity index is 1.96. The van der Waals surface area contributed by atoms with Gasteiger partial charge in [-0.15, -0.1) is 0 Å². The molecule has 3 aromatic carbocycles. The van der Waals surface area contributed by atoms with Crippen molar-refractivity contribution in [3.05, 3.63) is 76.8 Å². The Hall–Kier alpha value is -5.63. The van der Waals surface area contributed by atoms with Crippen LogP contribution in [0.4, 0.5) is 5.69 Å². The lowest BCUT2D eigenvalue weighted by molar-refractivity contribution is -0.157. The summed E-state index contributed by atoms with van der Waals surface area (Å²) in [5.41, 5.74) is -0.324. The van der Waals surface area contributed by atoms with Crippen LogP contribution in [0.25, 0.3) is 0 Å². The van der Waals surface area contributed by atoms with Crippen molar-refractivity contribution in [1.82, 2.24) is 0 Å². The van der Waals surface area contributed by atoms with Gasteiger partial charge in [0, 0.05) is 24.6 Å². The second-order valence-corrected chi connectivity index (χ2v) is 9.34. The summed E-state index contributed by atoms with van der Waals surface area (Å²) in [5.74, 6) is -6.94. The first-order chi connectivity index (χ1) is 21.3. The van der Waals surface area contributed by atoms with Gasteiger partial charge in [0.2, 0.25) is 12.2 Å². The van der Waals surface area contributed by atoms with Crippen LogP contribution in [0.2, 0.25) is 5.02 Å². The second kappa shape index (κ2) is 15.2. The Kier molecular flexibility index (Phi) is 11.4. The number of rotatable bonds is 12. The van der Waals surface area contributed by atoms with E-state index in [0.29, 0.717) is 5.02 Å². The van der Waals surface area contributed by atoms with Gasteiger partial charge in [0.15, 0.2) is 23.0 Å². The summed E-state index contributed by atoms with van der Waals surface area (Å²) in [6.07, 6.45) is -4.61. The van der Waals surface area contributed by atoms with Crippen LogP contribution in [0.15, 0.2) is 60.7 Å². The molecular weight excluding hydrogens is 618 g/mol. The molecule has 0 aliphatic rings. The lowest BCUT2D eigenvalue weighted by atomic mass is 10.1. The number of halogens is 1. The van der Waals surface area contributed by atoms with Crippen molar-refractivity contribution >= 4 is 53.0 Å². The van der Waals surface area contributed by atoms with E-state index in [0.717, 1.165) is 32.0 Å². The summed E-state index contributed by atoms with van der Waals surface area (Å²) < 4.78 is 30.7. The molecule has 45 heavy (non-hydrogen) atoms. The van der Waals surface area contributed by atoms with Crippen LogP contribution in [0.1, 0.15) is 34.6 Å². The molecule has 1 amide bonds. The van der Waals surface area contributed by atoms with Crippen LogP contribution >= 0.6 is 11.6 Å². The molecule has 0 fully saturated rings. The van der Waals surface area contributed by atoms with Gasteiger partial charge >= 0.3 is 29.8 Å². The van der Waals surface area contributed by atoms with Gasteiger partial charge < -0.3 is 38.8 Å². The number of methoxy groups -OCH3 is 2. The molecule has 0 heterocycles. The third-order valence-corrected chi connectivity index (χ3v) is 5.91. The molecule has 0 bridgehead atoms. The van der Waals surface area contributed by atoms with Gasteiger partial charge in [0.25, 0.3) is 5.91 Å². The quantitative estimate of drug-likeness (QED) is 0.215. The number of carbonyl (C=O) groups is 6. The normalized spacial score (nSPS) is 11.7. The van der Waals surface area contributed by atoms with Gasteiger partial charge in [-0.1, -0.05) is 11.6 Å². The number of benzene rings is 3. The maximum Gasteiger partial charge on any atom is 0.349 e. The van der Waals surface area contributed by atoms with Crippen LogP contribution in [0.5, 0.6) is 23.0 Å². The number of carbonyl (C=O) groups excluding carboxylic acids is 5. The van der Waals surface area contributed by atoms with E-state index in [1.54, 1.807) is 0 Å². The van der Waals surface area contributed by atoms with Crippen molar-refractivity contribution in [3.8, 4) is 23.0 Å². The number of amides is 1. The number of hydrogen-bond donors (Lipinski definition) is 2. The minimum atomic E-state index is -2.37. The van der Waals surface area contributed by atoms with Crippen molar-refractivity contribution in [2.75, 3.05) is 19.5 Å². The third kappa shape index (κ3) is 9.18. The van der Waals surface area contributed by atoms with Gasteiger partial charge in [-0.25, -0.2) is 14.4 Å². The molecule has 0 radical (unpaired) electrons. The first-order valence-corrected chi connectivity index (χ1v) is 13.1. The molecule has 0 unspecified atom stereocenters. The molecule has 0 saturated heterocycles. The summed E-state index contributed by atoms with van der Waals surface area (Å²) in [6.45, 7) is 2.31. The average molecular weight is 644 g/mol. The fourth-order valence-electron chi connectivity index (χ4n) is 3.68. The molecule has 0 spiro atoms. The predicted molar refractivity (Wildman–Crippen MR) is 155 cm³/mol. The highest BCUT2D eigenvalue weighted by molar-refractivity contribution is 6.30. The fraction of sp³-hybridized carbons (Fsp3) is 0.200. The summed E-state index contributed by atoms with van der Waals surface area (Å²) in [4.78, 5) is 74.6. The van der Waals surface area contributed by atoms with E-state index in [1.165, 1.54) is 56.7 Å². The number of hydrogen-bond acceptors (Lipinski definition) is 12. The molecule has 2 atom stereocenters. The molecule has 0 aromatic heterocycles. The van der Waals surface area contributed by atoms with Crippen molar-refractivity contribution in [2.24, 2.45) is 0 Å². The van der Waals surface area contributed by atoms with E-state index in [-0.39, 0.29) is 39.8 Å². The molecule has 3 aromatic rings. The van der Waals surface area contributed by atoms with E-state index < -0.39 is 48.0 Å². The highest BCUT2D eigenvalue weighted by Gasteiger charge is 2.41. The maximum absolute atomic E-state index is 13.3. The predicted octanol–water partition coefficient (Wildman–Crippen LogP) is 3.68. The van der Waals surface area contributed by atoms with Gasteiger partial charge in [-0.05, 0) is 60.7 Å². The Morgan fingerprint density at radius 3 is 1.51 bits per heavy atom. The molecule has 0 aliphatic heterocycles. The van der Waals surface area contributed by atoms with Crippen LogP contribution in [0.3, 0.4) is 0 Å². The zero-order chi connectivity index (χ0) is 33.3. The minimum absolute atomic E-state index is 0.0222. The lowest BCUT2D eigenvalue weighted by Crippen LogP contribution is -2.48. The van der Waals surface area contributed by atoms with E-state index in [1.807, 2.05) is 0 Å². The molecule has 0 aliphatic carbocycles. The molecule has 15 heteroatoms. The number of ether oxygens (including phenoxy) is 6. The maximum atomic E-state index is 13.3. The van der Waals surface area contributed by atoms with Gasteiger partial charge in [0.05, 0.1) is 25.3 Å². The Morgan fingerprint density at radius 2 is 1.11 bits per heavy atom. The molecule has 3 rings (SSSR count). The molecular formula is C30H26ClNO13. The highest BCUT2D eigenvalue weighted by atomic mass is 35.5. The molecule has 0 saturated carbocycles. The van der Waals surface area contributed by atoms with E-state index in [4.69, 9.17) is 40.0 Å². The molecule has 14 nitrogen and oxygen atoms in total. The van der Waals surface area contributed by atoms with Crippen LogP contribution in [-0.4, -0.2) is 67.3 Å². The fourth-order valence-corrected chi connectivity index (χ4v) is 3.80. The zero-order valence-corrected chi connectivity index (χ0v) is 24.9. The van der Waals surface area contributed by atoms with Crippen molar-refractivity contribution in [1.29, 1.82) is 0 Å². The Labute approximate surface area is 260 Å². The van der Waals surface area contributed by atoms with E-state index >= 15 is 0 Å². The largest absolute Gasteiger partial charge is 0.493 e. The topological polar surface area (TPSA) is 190 Å². The molecule has 236 valence electrons. The van der Waals surface area contributed by atoms with E-state index in [9.17, 15) is 33.9 Å². The highest BCUT2D eigenvalue weighted by Crippen LogP contribution is 2.30. The summed E-state index contributed by atoms with van der Waals surface area (Å²) >= 11 is 5.89. The van der Waals surface area contributed by atoms with Crippen molar-refractivity contribution < 1.29 is 62.3 Å². The second-order valence-electron chi connectivity index (χ2n) is 8.90. The number of carboxylic acid groups (broad SMARTS) is 1. The SMILES string of the molecule is COc1cc(C(=O)O[C@@H](C(=O)O)[C@@H](OC(=O)c2ccc(OC(C)=O)c(OC)c2)C(=O)Nc2ccc(Cl)cc2)ccc1OC(C)=O. The first kappa shape index (κ1) is 33.9. The lowest BCUT2D eigenvalue weighted by Gasteiger charge is -2.24. The van der Waals surface area contributed by atoms with Gasteiger partial charge in [-0.3, -0.25) is 14.4 Å². The summed E-state index contributed by atoms with van der Waals surface area (Å²) in [6, 6.07) is 12.7. The smallest absolute Gasteiger partial charge is 0.349 e. The number of anilines is 1. The third-order valence-electron chi connectivity index (χ3n) is 5.66. The first-order valence-electron chi connectivity index (χ1n) is 12.8. The minimum Gasteiger partial charge on any atom is -0.493 e. The van der Waals surface area contributed by atoms with E-state index in [2.05, 4.69) is 5.32 Å². The number of aliphatic carboxylic acids is 1. The van der Waals surface area contributed by atoms with Crippen molar-refractivity contribution in [2.45, 2.75) is 26.1 Å². The number of nitrogens with one attached hydrogen (secondary N) is 1. The van der Waals surface area contributed by atoms with Gasteiger partial charge in [0.1, 0.15) is 0 Å². The Morgan fingerprint density at radius 1 is 0.667 bits per heavy atom. The van der Waals surface area contributed by atoms with Crippen molar-refractivity contribution in [3.63, 3.8) is 0 Å². The van der Waals surface area contributed by atoms with Crippen LogP contribution < -0.4 is 24.3 Å². The average Bonchev–Trinajstić information content (AvgIpc) is 2.99. The van der Waals surface area contributed by atoms with Crippen LogP contribution in [0, 0.1) is 0 Å². The Bertz CT molecular complexity index is 1620. The monoisotopic (exact) mass is 643 g/mol. The molecule has 2 N–H and O–H groups in total. The number of carboxylic acids is 1. The van der Waals surface area contributed by atoms with Crippen LogP contribution in [-0.2, 0) is 28.7 Å².